The monoisotopic (exact) mass is 449 g/mol. The van der Waals surface area contributed by atoms with Crippen LogP contribution in [0.15, 0.2) is 30.5 Å². The lowest BCUT2D eigenvalue weighted by molar-refractivity contribution is 0.476. The lowest BCUT2D eigenvalue weighted by Crippen LogP contribution is -2.36. The van der Waals surface area contributed by atoms with Gasteiger partial charge in [-0.05, 0) is 60.7 Å². The highest BCUT2D eigenvalue weighted by molar-refractivity contribution is 6.01. The van der Waals surface area contributed by atoms with Crippen LogP contribution in [0.5, 0.6) is 5.75 Å². The summed E-state index contributed by atoms with van der Waals surface area (Å²) < 4.78 is 30.6. The number of halogens is 2. The summed E-state index contributed by atoms with van der Waals surface area (Å²) in [6.07, 6.45) is 3.92. The quantitative estimate of drug-likeness (QED) is 0.472. The second-order valence-corrected chi connectivity index (χ2v) is 8.47. The number of nitrogens with zero attached hydrogens (tertiary/aromatic N) is 4. The van der Waals surface area contributed by atoms with E-state index < -0.39 is 5.82 Å². The molecule has 3 heterocycles. The molecule has 0 amide bonds. The number of phenols is 1. The Hall–Kier alpha value is -3.39. The minimum Gasteiger partial charge on any atom is -0.508 e. The van der Waals surface area contributed by atoms with Gasteiger partial charge in [0.1, 0.15) is 34.4 Å². The summed E-state index contributed by atoms with van der Waals surface area (Å²) in [5, 5.41) is 12.0. The van der Waals surface area contributed by atoms with E-state index in [9.17, 15) is 9.50 Å². The van der Waals surface area contributed by atoms with E-state index in [4.69, 9.17) is 5.73 Å². The first-order valence-electron chi connectivity index (χ1n) is 11.2. The predicted octanol–water partition coefficient (Wildman–Crippen LogP) is 4.63. The standard InChI is InChI=1S/C25H25F2N5O/c1-3-17-20(26)7-6-14-9-16(33)10-18(21(14)17)23-22(27)24-19(12-29-23)25(31-13(2)30-24)32-8-4-5-15(32)11-28/h6-7,9-10,12,15,33H,3-5,8,11,28H2,1-2H3/t15-/m0/s1. The molecule has 1 aliphatic rings. The van der Waals surface area contributed by atoms with Crippen LogP contribution in [-0.2, 0) is 6.42 Å². The van der Waals surface area contributed by atoms with E-state index in [1.807, 2.05) is 6.92 Å². The fourth-order valence-corrected chi connectivity index (χ4v) is 4.95. The first-order valence-corrected chi connectivity index (χ1v) is 11.2. The highest BCUT2D eigenvalue weighted by atomic mass is 19.1. The van der Waals surface area contributed by atoms with Crippen molar-refractivity contribution in [2.45, 2.75) is 39.2 Å². The molecule has 5 rings (SSSR count). The minimum atomic E-state index is -0.624. The molecule has 1 saturated heterocycles. The van der Waals surface area contributed by atoms with Gasteiger partial charge in [-0.25, -0.2) is 18.7 Å². The van der Waals surface area contributed by atoms with Gasteiger partial charge in [0, 0.05) is 30.9 Å². The Bertz CT molecular complexity index is 1390. The van der Waals surface area contributed by atoms with Crippen LogP contribution < -0.4 is 10.6 Å². The van der Waals surface area contributed by atoms with Crippen molar-refractivity contribution in [3.8, 4) is 17.0 Å². The molecule has 1 aliphatic heterocycles. The fraction of sp³-hybridized carbons (Fsp3) is 0.320. The number of nitrogens with two attached hydrogens (primary N) is 1. The van der Waals surface area contributed by atoms with Gasteiger partial charge in [0.2, 0.25) is 0 Å². The lowest BCUT2D eigenvalue weighted by Gasteiger charge is -2.26. The van der Waals surface area contributed by atoms with Gasteiger partial charge in [-0.3, -0.25) is 4.98 Å². The zero-order chi connectivity index (χ0) is 23.3. The Labute approximate surface area is 190 Å². The molecular formula is C25H25F2N5O. The van der Waals surface area contributed by atoms with Gasteiger partial charge < -0.3 is 15.7 Å². The number of rotatable bonds is 4. The number of benzene rings is 2. The number of phenolic OH excluding ortho intramolecular Hbond substituents is 1. The Kier molecular flexibility index (Phi) is 5.32. The predicted molar refractivity (Wildman–Crippen MR) is 125 cm³/mol. The number of anilines is 1. The zero-order valence-corrected chi connectivity index (χ0v) is 18.6. The smallest absolute Gasteiger partial charge is 0.175 e. The molecule has 8 heteroatoms. The van der Waals surface area contributed by atoms with Crippen LogP contribution in [0, 0.1) is 18.6 Å². The molecule has 0 spiro atoms. The van der Waals surface area contributed by atoms with E-state index in [1.165, 1.54) is 12.1 Å². The third-order valence-corrected chi connectivity index (χ3v) is 6.46. The molecule has 3 N–H and O–H groups in total. The van der Waals surface area contributed by atoms with E-state index in [-0.39, 0.29) is 28.8 Å². The molecule has 33 heavy (non-hydrogen) atoms. The van der Waals surface area contributed by atoms with Crippen molar-refractivity contribution in [3.63, 3.8) is 0 Å². The summed E-state index contributed by atoms with van der Waals surface area (Å²) in [7, 11) is 0. The zero-order valence-electron chi connectivity index (χ0n) is 18.6. The highest BCUT2D eigenvalue weighted by Gasteiger charge is 2.28. The normalized spacial score (nSPS) is 16.3. The van der Waals surface area contributed by atoms with Gasteiger partial charge >= 0.3 is 0 Å². The van der Waals surface area contributed by atoms with Crippen molar-refractivity contribution < 1.29 is 13.9 Å². The van der Waals surface area contributed by atoms with Crippen LogP contribution >= 0.6 is 0 Å². The van der Waals surface area contributed by atoms with Crippen molar-refractivity contribution >= 4 is 27.5 Å². The third-order valence-electron chi connectivity index (χ3n) is 6.46. The molecule has 0 aliphatic carbocycles. The van der Waals surface area contributed by atoms with Gasteiger partial charge in [-0.2, -0.15) is 0 Å². The number of aromatic hydroxyl groups is 1. The van der Waals surface area contributed by atoms with Gasteiger partial charge in [-0.15, -0.1) is 0 Å². The van der Waals surface area contributed by atoms with E-state index in [1.54, 1.807) is 25.3 Å². The second kappa shape index (κ2) is 8.19. The van der Waals surface area contributed by atoms with Crippen molar-refractivity contribution in [1.29, 1.82) is 0 Å². The molecule has 1 fully saturated rings. The molecule has 0 unspecified atom stereocenters. The van der Waals surface area contributed by atoms with Crippen LogP contribution in [0.4, 0.5) is 14.6 Å². The van der Waals surface area contributed by atoms with Gasteiger partial charge in [0.05, 0.1) is 5.39 Å². The molecule has 0 saturated carbocycles. The highest BCUT2D eigenvalue weighted by Crippen LogP contribution is 2.39. The molecule has 170 valence electrons. The van der Waals surface area contributed by atoms with Crippen molar-refractivity contribution in [2.24, 2.45) is 5.73 Å². The van der Waals surface area contributed by atoms with Gasteiger partial charge in [0.15, 0.2) is 5.82 Å². The molecule has 4 aromatic rings. The fourth-order valence-electron chi connectivity index (χ4n) is 4.95. The number of aryl methyl sites for hydroxylation is 2. The maximum atomic E-state index is 16.0. The molecule has 2 aromatic heterocycles. The van der Waals surface area contributed by atoms with Crippen molar-refractivity contribution in [2.75, 3.05) is 18.0 Å². The number of fused-ring (bicyclic) bond motifs is 2. The molecule has 0 radical (unpaired) electrons. The molecule has 0 bridgehead atoms. The van der Waals surface area contributed by atoms with Crippen LogP contribution in [0.25, 0.3) is 32.9 Å². The Morgan fingerprint density at radius 2 is 2.03 bits per heavy atom. The van der Waals surface area contributed by atoms with Crippen LogP contribution in [0.1, 0.15) is 31.2 Å². The summed E-state index contributed by atoms with van der Waals surface area (Å²) in [5.74, 6) is 0.0259. The number of hydrogen-bond acceptors (Lipinski definition) is 6. The average molecular weight is 450 g/mol. The topological polar surface area (TPSA) is 88.2 Å². The average Bonchev–Trinajstić information content (AvgIpc) is 3.28. The minimum absolute atomic E-state index is 0.0181. The van der Waals surface area contributed by atoms with Crippen LogP contribution in [0.3, 0.4) is 0 Å². The van der Waals surface area contributed by atoms with E-state index in [2.05, 4.69) is 19.9 Å². The third kappa shape index (κ3) is 3.45. The molecular weight excluding hydrogens is 424 g/mol. The maximum Gasteiger partial charge on any atom is 0.175 e. The summed E-state index contributed by atoms with van der Waals surface area (Å²) in [5.41, 5.74) is 6.90. The lowest BCUT2D eigenvalue weighted by atomic mass is 9.94. The Morgan fingerprint density at radius 3 is 2.79 bits per heavy atom. The van der Waals surface area contributed by atoms with Crippen LogP contribution in [0.2, 0.25) is 0 Å². The van der Waals surface area contributed by atoms with E-state index in [0.29, 0.717) is 51.9 Å². The SMILES string of the molecule is CCc1c(F)ccc2cc(O)cc(-c3ncc4c(N5CCC[C@H]5CN)nc(C)nc4c3F)c12. The second-order valence-electron chi connectivity index (χ2n) is 8.47. The molecule has 1 atom stereocenters. The van der Waals surface area contributed by atoms with Gasteiger partial charge in [-0.1, -0.05) is 13.0 Å². The molecule has 6 nitrogen and oxygen atoms in total. The molecule has 2 aromatic carbocycles. The van der Waals surface area contributed by atoms with Gasteiger partial charge in [0.25, 0.3) is 0 Å². The maximum absolute atomic E-state index is 16.0. The summed E-state index contributed by atoms with van der Waals surface area (Å²) in [6.45, 7) is 4.84. The van der Waals surface area contributed by atoms with Crippen LogP contribution in [-0.4, -0.2) is 39.2 Å². The number of hydrogen-bond donors (Lipinski definition) is 2. The van der Waals surface area contributed by atoms with Crippen molar-refractivity contribution in [3.05, 3.63) is 53.5 Å². The van der Waals surface area contributed by atoms with E-state index in [0.717, 1.165) is 19.4 Å². The first-order chi connectivity index (χ1) is 15.9. The summed E-state index contributed by atoms with van der Waals surface area (Å²) in [4.78, 5) is 15.5. The first kappa shape index (κ1) is 21.5. The summed E-state index contributed by atoms with van der Waals surface area (Å²) >= 11 is 0. The number of pyridine rings is 1. The van der Waals surface area contributed by atoms with Crippen molar-refractivity contribution in [1.82, 2.24) is 15.0 Å². The Morgan fingerprint density at radius 1 is 1.21 bits per heavy atom. The number of aromatic nitrogens is 3. The Balaban J connectivity index is 1.79. The van der Waals surface area contributed by atoms with E-state index >= 15 is 4.39 Å². The summed E-state index contributed by atoms with van der Waals surface area (Å²) in [6, 6.07) is 6.05. The largest absolute Gasteiger partial charge is 0.508 e.